The summed E-state index contributed by atoms with van der Waals surface area (Å²) in [4.78, 5) is 29.3. The number of carbonyl (C=O) groups excluding carboxylic acids is 2. The Labute approximate surface area is 190 Å². The van der Waals surface area contributed by atoms with Crippen molar-refractivity contribution in [2.24, 2.45) is 11.8 Å². The number of Topliss-reactive ketones (excluding diaryl/α,β-unsaturated/α-hetero) is 2. The smallest absolute Gasteiger partial charge is 0.226 e. The van der Waals surface area contributed by atoms with Crippen LogP contribution >= 0.6 is 0 Å². The minimum Gasteiger partial charge on any atom is -0.493 e. The minimum atomic E-state index is -0.115. The molecule has 0 radical (unpaired) electrons. The van der Waals surface area contributed by atoms with Crippen molar-refractivity contribution in [3.63, 3.8) is 0 Å². The second kappa shape index (κ2) is 11.3. The molecule has 0 amide bonds. The molecule has 2 atom stereocenters. The van der Waals surface area contributed by atoms with E-state index in [0.717, 1.165) is 30.2 Å². The molecule has 2 unspecified atom stereocenters. The van der Waals surface area contributed by atoms with Gasteiger partial charge in [-0.05, 0) is 49.8 Å². The first-order valence-corrected chi connectivity index (χ1v) is 11.6. The number of aryl methyl sites for hydroxylation is 1. The largest absolute Gasteiger partial charge is 0.493 e. The summed E-state index contributed by atoms with van der Waals surface area (Å²) in [7, 11) is 3.15. The lowest BCUT2D eigenvalue weighted by atomic mass is 9.78. The average molecular weight is 442 g/mol. The van der Waals surface area contributed by atoms with E-state index in [-0.39, 0.29) is 24.4 Å². The summed E-state index contributed by atoms with van der Waals surface area (Å²) in [5.41, 5.74) is 1.31. The Balaban J connectivity index is 1.52. The van der Waals surface area contributed by atoms with Gasteiger partial charge in [0.2, 0.25) is 5.89 Å². The van der Waals surface area contributed by atoms with Crippen molar-refractivity contribution in [3.8, 4) is 23.0 Å². The third kappa shape index (κ3) is 6.21. The second-order valence-electron chi connectivity index (χ2n) is 8.94. The monoisotopic (exact) mass is 441 g/mol. The molecule has 0 spiro atoms. The maximum Gasteiger partial charge on any atom is 0.226 e. The predicted octanol–water partition coefficient (Wildman–Crippen LogP) is 5.73. The molecule has 1 heterocycles. The fraction of sp³-hybridized carbons (Fsp3) is 0.577. The maximum absolute atomic E-state index is 12.5. The summed E-state index contributed by atoms with van der Waals surface area (Å²) in [6.07, 6.45) is 7.77. The zero-order valence-electron chi connectivity index (χ0n) is 19.7. The zero-order valence-corrected chi connectivity index (χ0v) is 19.7. The third-order valence-corrected chi connectivity index (χ3v) is 6.60. The number of methoxy groups -OCH3 is 2. The fourth-order valence-corrected chi connectivity index (χ4v) is 4.63. The molecule has 0 saturated heterocycles. The van der Waals surface area contributed by atoms with Crippen molar-refractivity contribution in [1.82, 2.24) is 4.98 Å². The molecule has 3 rings (SSSR count). The molecule has 1 aliphatic carbocycles. The molecular weight excluding hydrogens is 406 g/mol. The summed E-state index contributed by atoms with van der Waals surface area (Å²) in [5.74, 6) is 3.60. The Morgan fingerprint density at radius 3 is 2.56 bits per heavy atom. The molecule has 0 N–H and O–H groups in total. The molecule has 6 nitrogen and oxygen atoms in total. The first-order valence-electron chi connectivity index (χ1n) is 11.6. The van der Waals surface area contributed by atoms with Crippen molar-refractivity contribution in [2.45, 2.75) is 71.6 Å². The second-order valence-corrected chi connectivity index (χ2v) is 8.94. The predicted molar refractivity (Wildman–Crippen MR) is 123 cm³/mol. The lowest BCUT2D eigenvalue weighted by Gasteiger charge is -2.28. The highest BCUT2D eigenvalue weighted by Crippen LogP contribution is 2.34. The molecule has 1 saturated carbocycles. The van der Waals surface area contributed by atoms with Crippen molar-refractivity contribution in [2.75, 3.05) is 14.2 Å². The van der Waals surface area contributed by atoms with E-state index in [1.165, 1.54) is 25.7 Å². The van der Waals surface area contributed by atoms with Crippen molar-refractivity contribution < 1.29 is 23.5 Å². The van der Waals surface area contributed by atoms with Crippen molar-refractivity contribution in [3.05, 3.63) is 29.7 Å². The Hall–Kier alpha value is -2.63. The van der Waals surface area contributed by atoms with Crippen LogP contribution in [0.15, 0.2) is 22.6 Å². The topological polar surface area (TPSA) is 78.6 Å². The van der Waals surface area contributed by atoms with Gasteiger partial charge in [-0.3, -0.25) is 9.59 Å². The summed E-state index contributed by atoms with van der Waals surface area (Å²) in [6, 6.07) is 5.40. The summed E-state index contributed by atoms with van der Waals surface area (Å²) in [5, 5.41) is 0. The molecule has 6 heteroatoms. The van der Waals surface area contributed by atoms with Gasteiger partial charge in [0.1, 0.15) is 17.3 Å². The van der Waals surface area contributed by atoms with Crippen LogP contribution < -0.4 is 9.47 Å². The Kier molecular flexibility index (Phi) is 8.48. The normalized spacial score (nSPS) is 18.4. The molecule has 174 valence electrons. The fourth-order valence-electron chi connectivity index (χ4n) is 4.63. The SMILES string of the molecule is COc1ccc(-c2nc(CC(=O)CC(=O)CCCC3CCCCC3C)c(C)o2)cc1OC. The van der Waals surface area contributed by atoms with Crippen LogP contribution in [-0.2, 0) is 16.0 Å². The molecular formula is C26H35NO5. The molecule has 1 aromatic carbocycles. The van der Waals surface area contributed by atoms with Gasteiger partial charge in [0.15, 0.2) is 11.5 Å². The van der Waals surface area contributed by atoms with Crippen LogP contribution in [-0.4, -0.2) is 30.8 Å². The first kappa shape index (κ1) is 24.0. The van der Waals surface area contributed by atoms with E-state index in [0.29, 0.717) is 35.3 Å². The summed E-state index contributed by atoms with van der Waals surface area (Å²) < 4.78 is 16.4. The standard InChI is InChI=1S/C26H35NO5/c1-17-8-5-6-9-19(17)10-7-11-21(28)15-22(29)16-23-18(2)32-26(27-23)20-12-13-24(30-3)25(14-20)31-4/h12-14,17,19H,5-11,15-16H2,1-4H3. The number of hydrogen-bond acceptors (Lipinski definition) is 6. The number of ketones is 2. The van der Waals surface area contributed by atoms with Crippen LogP contribution in [0.5, 0.6) is 11.5 Å². The van der Waals surface area contributed by atoms with Crippen LogP contribution in [0, 0.1) is 18.8 Å². The number of hydrogen-bond donors (Lipinski definition) is 0. The van der Waals surface area contributed by atoms with Gasteiger partial charge in [0.25, 0.3) is 0 Å². The molecule has 0 bridgehead atoms. The lowest BCUT2D eigenvalue weighted by Crippen LogP contribution is -2.17. The van der Waals surface area contributed by atoms with E-state index in [1.807, 2.05) is 6.07 Å². The van der Waals surface area contributed by atoms with Crippen molar-refractivity contribution >= 4 is 11.6 Å². The number of nitrogens with zero attached hydrogens (tertiary/aromatic N) is 1. The Morgan fingerprint density at radius 2 is 1.84 bits per heavy atom. The Bertz CT molecular complexity index is 932. The summed E-state index contributed by atoms with van der Waals surface area (Å²) in [6.45, 7) is 4.11. The molecule has 0 aliphatic heterocycles. The van der Waals surface area contributed by atoms with E-state index in [4.69, 9.17) is 13.9 Å². The van der Waals surface area contributed by atoms with Crippen LogP contribution in [0.1, 0.15) is 69.7 Å². The van der Waals surface area contributed by atoms with Crippen LogP contribution in [0.25, 0.3) is 11.5 Å². The first-order chi connectivity index (χ1) is 15.4. The molecule has 32 heavy (non-hydrogen) atoms. The van der Waals surface area contributed by atoms with Crippen molar-refractivity contribution in [1.29, 1.82) is 0 Å². The van der Waals surface area contributed by atoms with E-state index < -0.39 is 0 Å². The number of ether oxygens (including phenoxy) is 2. The highest BCUT2D eigenvalue weighted by Gasteiger charge is 2.22. The molecule has 2 aromatic rings. The van der Waals surface area contributed by atoms with E-state index in [2.05, 4.69) is 11.9 Å². The van der Waals surface area contributed by atoms with Gasteiger partial charge in [-0.1, -0.05) is 32.6 Å². The van der Waals surface area contributed by atoms with Gasteiger partial charge >= 0.3 is 0 Å². The number of aromatic nitrogens is 1. The average Bonchev–Trinajstić information content (AvgIpc) is 3.14. The maximum atomic E-state index is 12.5. The van der Waals surface area contributed by atoms with Gasteiger partial charge < -0.3 is 13.9 Å². The van der Waals surface area contributed by atoms with E-state index in [1.54, 1.807) is 33.3 Å². The number of carbonyl (C=O) groups is 2. The zero-order chi connectivity index (χ0) is 23.1. The van der Waals surface area contributed by atoms with Gasteiger partial charge in [0.05, 0.1) is 32.8 Å². The Morgan fingerprint density at radius 1 is 1.09 bits per heavy atom. The lowest BCUT2D eigenvalue weighted by molar-refractivity contribution is -0.126. The van der Waals surface area contributed by atoms with Gasteiger partial charge in [-0.2, -0.15) is 0 Å². The number of benzene rings is 1. The molecule has 1 aliphatic rings. The van der Waals surface area contributed by atoms with E-state index >= 15 is 0 Å². The minimum absolute atomic E-state index is 0.0275. The molecule has 1 fully saturated rings. The van der Waals surface area contributed by atoms with Gasteiger partial charge in [0, 0.05) is 12.0 Å². The number of oxazole rings is 1. The molecule has 1 aromatic heterocycles. The highest BCUT2D eigenvalue weighted by molar-refractivity contribution is 5.99. The number of rotatable bonds is 11. The van der Waals surface area contributed by atoms with Crippen LogP contribution in [0.3, 0.4) is 0 Å². The van der Waals surface area contributed by atoms with E-state index in [9.17, 15) is 9.59 Å². The van der Waals surface area contributed by atoms with Crippen LogP contribution in [0.2, 0.25) is 0 Å². The van der Waals surface area contributed by atoms with Crippen LogP contribution in [0.4, 0.5) is 0 Å². The quantitative estimate of drug-likeness (QED) is 0.414. The highest BCUT2D eigenvalue weighted by atomic mass is 16.5. The van der Waals surface area contributed by atoms with Gasteiger partial charge in [-0.25, -0.2) is 4.98 Å². The summed E-state index contributed by atoms with van der Waals surface area (Å²) >= 11 is 0. The van der Waals surface area contributed by atoms with Gasteiger partial charge in [-0.15, -0.1) is 0 Å². The third-order valence-electron chi connectivity index (χ3n) is 6.60.